The van der Waals surface area contributed by atoms with Gasteiger partial charge in [-0.2, -0.15) is 0 Å². The summed E-state index contributed by atoms with van der Waals surface area (Å²) in [5, 5.41) is 10.7. The van der Waals surface area contributed by atoms with Gasteiger partial charge in [-0.15, -0.1) is 0 Å². The standard InChI is InChI=1S/C30H54O4Si/c1-9-21-25-18-20(31)14-16-30(25,4)24-15-17-29(3)22(19(2)10-13-26(32)33-5)11-12-23(29)27(24)28(21)34-35(6,7)8/h19-25,27-28,31H,9-18H2,1-8H3/t19-,20-,21-,22-,23+,24?,25+,27-,28-,29?,30?/m1/s1. The van der Waals surface area contributed by atoms with Crippen molar-refractivity contribution in [2.24, 2.45) is 52.3 Å². The van der Waals surface area contributed by atoms with Crippen molar-refractivity contribution >= 4 is 14.3 Å². The number of rotatable bonds is 7. The number of fused-ring (bicyclic) bond motifs is 5. The van der Waals surface area contributed by atoms with Gasteiger partial charge in [0.15, 0.2) is 8.32 Å². The molecule has 0 spiro atoms. The van der Waals surface area contributed by atoms with E-state index in [1.165, 1.54) is 39.2 Å². The summed E-state index contributed by atoms with van der Waals surface area (Å²) in [5.74, 6) is 4.37. The van der Waals surface area contributed by atoms with Crippen molar-refractivity contribution in [3.8, 4) is 0 Å². The predicted molar refractivity (Wildman–Crippen MR) is 144 cm³/mol. The molecule has 35 heavy (non-hydrogen) atoms. The van der Waals surface area contributed by atoms with Crippen molar-refractivity contribution in [3.63, 3.8) is 0 Å². The number of esters is 1. The molecule has 3 unspecified atom stereocenters. The van der Waals surface area contributed by atoms with E-state index in [2.05, 4.69) is 47.3 Å². The summed E-state index contributed by atoms with van der Waals surface area (Å²) >= 11 is 0. The van der Waals surface area contributed by atoms with E-state index < -0.39 is 8.32 Å². The number of hydrogen-bond acceptors (Lipinski definition) is 4. The quantitative estimate of drug-likeness (QED) is 0.296. The highest BCUT2D eigenvalue weighted by molar-refractivity contribution is 6.69. The first-order chi connectivity index (χ1) is 16.4. The van der Waals surface area contributed by atoms with Crippen LogP contribution >= 0.6 is 0 Å². The van der Waals surface area contributed by atoms with E-state index in [9.17, 15) is 9.90 Å². The second-order valence-electron chi connectivity index (χ2n) is 14.4. The van der Waals surface area contributed by atoms with Crippen LogP contribution in [0.1, 0.15) is 91.9 Å². The first-order valence-corrected chi connectivity index (χ1v) is 18.2. The lowest BCUT2D eigenvalue weighted by molar-refractivity contribution is -0.198. The molecule has 5 heteroatoms. The molecular formula is C30H54O4Si. The van der Waals surface area contributed by atoms with Crippen LogP contribution in [0, 0.1) is 52.3 Å². The van der Waals surface area contributed by atoms with Crippen molar-refractivity contribution in [1.82, 2.24) is 0 Å². The second-order valence-corrected chi connectivity index (χ2v) is 18.9. The molecule has 11 atom stereocenters. The van der Waals surface area contributed by atoms with Crippen molar-refractivity contribution in [2.75, 3.05) is 7.11 Å². The molecule has 202 valence electrons. The van der Waals surface area contributed by atoms with Gasteiger partial charge in [-0.3, -0.25) is 4.79 Å². The molecule has 4 rings (SSSR count). The number of aliphatic hydroxyl groups excluding tert-OH is 1. The Hall–Kier alpha value is -0.393. The van der Waals surface area contributed by atoms with E-state index in [4.69, 9.17) is 9.16 Å². The maximum atomic E-state index is 11.9. The summed E-state index contributed by atoms with van der Waals surface area (Å²) in [5.41, 5.74) is 0.674. The van der Waals surface area contributed by atoms with Gasteiger partial charge >= 0.3 is 5.97 Å². The number of ether oxygens (including phenoxy) is 1. The van der Waals surface area contributed by atoms with Gasteiger partial charge in [0, 0.05) is 6.42 Å². The molecule has 0 amide bonds. The van der Waals surface area contributed by atoms with Crippen LogP contribution in [0.25, 0.3) is 0 Å². The number of carbonyl (C=O) groups is 1. The van der Waals surface area contributed by atoms with Crippen LogP contribution < -0.4 is 0 Å². The van der Waals surface area contributed by atoms with E-state index in [1.807, 2.05) is 0 Å². The average Bonchev–Trinajstić information content (AvgIpc) is 3.14. The van der Waals surface area contributed by atoms with Crippen molar-refractivity contribution < 1.29 is 19.1 Å². The zero-order valence-corrected chi connectivity index (χ0v) is 24.9. The summed E-state index contributed by atoms with van der Waals surface area (Å²) in [4.78, 5) is 11.9. The third-order valence-corrected chi connectivity index (χ3v) is 12.6. The van der Waals surface area contributed by atoms with E-state index in [1.54, 1.807) is 0 Å². The Kier molecular flexibility index (Phi) is 7.94. The highest BCUT2D eigenvalue weighted by atomic mass is 28.4. The minimum Gasteiger partial charge on any atom is -0.469 e. The fourth-order valence-electron chi connectivity index (χ4n) is 10.1. The van der Waals surface area contributed by atoms with Crippen LogP contribution in [0.15, 0.2) is 0 Å². The normalized spacial score (nSPS) is 46.3. The van der Waals surface area contributed by atoms with Crippen LogP contribution in [0.3, 0.4) is 0 Å². The van der Waals surface area contributed by atoms with E-state index in [0.717, 1.165) is 25.7 Å². The summed E-state index contributed by atoms with van der Waals surface area (Å²) in [7, 11) is -0.222. The smallest absolute Gasteiger partial charge is 0.305 e. The zero-order chi connectivity index (χ0) is 25.8. The lowest BCUT2D eigenvalue weighted by Crippen LogP contribution is -2.63. The Bertz CT molecular complexity index is 764. The van der Waals surface area contributed by atoms with Gasteiger partial charge in [0.2, 0.25) is 0 Å². The van der Waals surface area contributed by atoms with Crippen LogP contribution in [0.2, 0.25) is 19.6 Å². The van der Waals surface area contributed by atoms with Gasteiger partial charge in [-0.1, -0.05) is 34.1 Å². The minimum atomic E-state index is -1.73. The molecule has 0 aromatic heterocycles. The number of carbonyl (C=O) groups excluding carboxylic acids is 1. The molecule has 0 saturated heterocycles. The largest absolute Gasteiger partial charge is 0.469 e. The molecule has 0 aromatic rings. The van der Waals surface area contributed by atoms with E-state index in [-0.39, 0.29) is 12.1 Å². The molecule has 0 bridgehead atoms. The first kappa shape index (κ1) is 27.6. The topological polar surface area (TPSA) is 55.8 Å². The molecule has 4 aliphatic rings. The van der Waals surface area contributed by atoms with Gasteiger partial charge in [0.25, 0.3) is 0 Å². The van der Waals surface area contributed by atoms with E-state index >= 15 is 0 Å². The fourth-order valence-corrected chi connectivity index (χ4v) is 11.3. The number of methoxy groups -OCH3 is 1. The van der Waals surface area contributed by atoms with Crippen LogP contribution in [0.5, 0.6) is 0 Å². The van der Waals surface area contributed by atoms with Crippen molar-refractivity contribution in [2.45, 2.75) is 124 Å². The second kappa shape index (κ2) is 10.1. The molecule has 0 aromatic carbocycles. The van der Waals surface area contributed by atoms with Gasteiger partial charge in [-0.25, -0.2) is 0 Å². The molecule has 1 N–H and O–H groups in total. The number of hydrogen-bond donors (Lipinski definition) is 1. The summed E-state index contributed by atoms with van der Waals surface area (Å²) in [6.07, 6.45) is 11.2. The van der Waals surface area contributed by atoms with Crippen LogP contribution in [0.4, 0.5) is 0 Å². The SMILES string of the molecule is CC[C@H]1[C@@H](O[Si](C)(C)C)[C@H]2C(CCC3(C)[C@@H]([C@H](C)CCC(=O)OC)CC[C@@H]23)C2(C)CC[C@@H](O)C[C@@H]12. The van der Waals surface area contributed by atoms with Gasteiger partial charge in [-0.05, 0) is 123 Å². The first-order valence-electron chi connectivity index (χ1n) is 14.8. The summed E-state index contributed by atoms with van der Waals surface area (Å²) in [6.45, 7) is 17.1. The molecule has 4 aliphatic carbocycles. The Morgan fingerprint density at radius 3 is 2.31 bits per heavy atom. The summed E-state index contributed by atoms with van der Waals surface area (Å²) in [6, 6.07) is 0. The van der Waals surface area contributed by atoms with E-state index in [0.29, 0.717) is 64.8 Å². The molecule has 0 heterocycles. The minimum absolute atomic E-state index is 0.0691. The van der Waals surface area contributed by atoms with Gasteiger partial charge in [0.1, 0.15) is 0 Å². The molecule has 4 fully saturated rings. The zero-order valence-electron chi connectivity index (χ0n) is 23.9. The molecule has 4 nitrogen and oxygen atoms in total. The number of aliphatic hydroxyl groups is 1. The lowest BCUT2D eigenvalue weighted by atomic mass is 9.41. The van der Waals surface area contributed by atoms with Crippen LogP contribution in [-0.2, 0) is 14.0 Å². The lowest BCUT2D eigenvalue weighted by Gasteiger charge is -2.66. The maximum Gasteiger partial charge on any atom is 0.305 e. The Morgan fingerprint density at radius 1 is 1.03 bits per heavy atom. The Morgan fingerprint density at radius 2 is 1.69 bits per heavy atom. The fraction of sp³-hybridized carbons (Fsp3) is 0.967. The highest BCUT2D eigenvalue weighted by Crippen LogP contribution is 2.70. The molecule has 0 radical (unpaired) electrons. The highest BCUT2D eigenvalue weighted by Gasteiger charge is 2.65. The molecule has 4 saturated carbocycles. The average molecular weight is 507 g/mol. The molecule has 0 aliphatic heterocycles. The Balaban J connectivity index is 1.67. The van der Waals surface area contributed by atoms with Crippen molar-refractivity contribution in [1.29, 1.82) is 0 Å². The third-order valence-electron chi connectivity index (χ3n) is 11.6. The monoisotopic (exact) mass is 506 g/mol. The van der Waals surface area contributed by atoms with Crippen LogP contribution in [-0.4, -0.2) is 38.7 Å². The Labute approximate surface area is 216 Å². The third kappa shape index (κ3) is 4.92. The predicted octanol–water partition coefficient (Wildman–Crippen LogP) is 7.06. The molecular weight excluding hydrogens is 452 g/mol. The van der Waals surface area contributed by atoms with Gasteiger partial charge in [0.05, 0.1) is 19.3 Å². The maximum absolute atomic E-state index is 11.9. The summed E-state index contributed by atoms with van der Waals surface area (Å²) < 4.78 is 12.2. The van der Waals surface area contributed by atoms with Gasteiger partial charge < -0.3 is 14.3 Å². The van der Waals surface area contributed by atoms with Crippen molar-refractivity contribution in [3.05, 3.63) is 0 Å².